The highest BCUT2D eigenvalue weighted by Gasteiger charge is 2.15. The van der Waals surface area contributed by atoms with Crippen LogP contribution in [0.1, 0.15) is 36.1 Å². The van der Waals surface area contributed by atoms with Crippen molar-refractivity contribution in [3.63, 3.8) is 0 Å². The number of thiophene rings is 1. The summed E-state index contributed by atoms with van der Waals surface area (Å²) in [5.74, 6) is 0. The molecular formula is C16H21NS. The molecule has 1 aromatic heterocycles. The number of nitrogens with one attached hydrogen (secondary N) is 1. The fourth-order valence-electron chi connectivity index (χ4n) is 1.74. The average Bonchev–Trinajstić information content (AvgIpc) is 2.77. The summed E-state index contributed by atoms with van der Waals surface area (Å²) in [4.78, 5) is 2.84. The van der Waals surface area contributed by atoms with Gasteiger partial charge in [0.05, 0.1) is 0 Å². The first-order chi connectivity index (χ1) is 8.45. The molecule has 1 N–H and O–H groups in total. The second kappa shape index (κ2) is 5.15. The molecule has 0 fully saturated rings. The fourth-order valence-corrected chi connectivity index (χ4v) is 2.74. The van der Waals surface area contributed by atoms with Gasteiger partial charge in [0, 0.05) is 22.0 Å². The Kier molecular flexibility index (Phi) is 3.76. The minimum absolute atomic E-state index is 0.257. The molecule has 0 aliphatic carbocycles. The molecular weight excluding hydrogens is 238 g/mol. The number of anilines is 1. The molecule has 0 saturated carbocycles. The highest BCUT2D eigenvalue weighted by atomic mass is 32.1. The second-order valence-corrected chi connectivity index (χ2v) is 6.90. The molecule has 0 unspecified atom stereocenters. The van der Waals surface area contributed by atoms with Crippen LogP contribution in [-0.2, 0) is 12.0 Å². The highest BCUT2D eigenvalue weighted by molar-refractivity contribution is 7.12. The van der Waals surface area contributed by atoms with Gasteiger partial charge in [-0.05, 0) is 36.6 Å². The summed E-state index contributed by atoms with van der Waals surface area (Å²) in [7, 11) is 0. The van der Waals surface area contributed by atoms with Crippen molar-refractivity contribution in [2.24, 2.45) is 0 Å². The lowest BCUT2D eigenvalue weighted by molar-refractivity contribution is 0.604. The van der Waals surface area contributed by atoms with Crippen molar-refractivity contribution in [3.8, 4) is 0 Å². The van der Waals surface area contributed by atoms with E-state index in [-0.39, 0.29) is 5.41 Å². The maximum Gasteiger partial charge on any atom is 0.0494 e. The van der Waals surface area contributed by atoms with E-state index in [1.54, 1.807) is 0 Å². The predicted octanol–water partition coefficient (Wildman–Crippen LogP) is 4.97. The Hall–Kier alpha value is -1.28. The summed E-state index contributed by atoms with van der Waals surface area (Å²) in [6.07, 6.45) is 0. The third kappa shape index (κ3) is 3.36. The molecule has 18 heavy (non-hydrogen) atoms. The Morgan fingerprint density at radius 2 is 1.67 bits per heavy atom. The van der Waals surface area contributed by atoms with Crippen molar-refractivity contribution in [2.45, 2.75) is 39.7 Å². The smallest absolute Gasteiger partial charge is 0.0494 e. The van der Waals surface area contributed by atoms with Crippen molar-refractivity contribution in [1.82, 2.24) is 0 Å². The molecule has 0 radical (unpaired) electrons. The van der Waals surface area contributed by atoms with Crippen molar-refractivity contribution in [1.29, 1.82) is 0 Å². The molecule has 2 rings (SSSR count). The quantitative estimate of drug-likeness (QED) is 0.821. The number of hydrogen-bond acceptors (Lipinski definition) is 2. The van der Waals surface area contributed by atoms with Crippen LogP contribution in [0, 0.1) is 6.92 Å². The van der Waals surface area contributed by atoms with Crippen LogP contribution in [-0.4, -0.2) is 0 Å². The van der Waals surface area contributed by atoms with E-state index in [9.17, 15) is 0 Å². The maximum absolute atomic E-state index is 3.46. The van der Waals surface area contributed by atoms with Gasteiger partial charge in [-0.15, -0.1) is 11.3 Å². The van der Waals surface area contributed by atoms with Crippen molar-refractivity contribution in [2.75, 3.05) is 5.32 Å². The zero-order chi connectivity index (χ0) is 13.2. The first kappa shape index (κ1) is 13.2. The minimum atomic E-state index is 0.257. The molecule has 2 aromatic rings. The zero-order valence-corrected chi connectivity index (χ0v) is 12.4. The van der Waals surface area contributed by atoms with Crippen LogP contribution in [0.3, 0.4) is 0 Å². The zero-order valence-electron chi connectivity index (χ0n) is 11.6. The SMILES string of the molecule is Cc1ccc(NCc2ccc(C(C)(C)C)s2)cc1. The van der Waals surface area contributed by atoms with Crippen LogP contribution >= 0.6 is 11.3 Å². The van der Waals surface area contributed by atoms with Crippen LogP contribution in [0.2, 0.25) is 0 Å². The van der Waals surface area contributed by atoms with Crippen LogP contribution < -0.4 is 5.32 Å². The summed E-state index contributed by atoms with van der Waals surface area (Å²) < 4.78 is 0. The lowest BCUT2D eigenvalue weighted by atomic mass is 9.95. The van der Waals surface area contributed by atoms with Gasteiger partial charge in [0.15, 0.2) is 0 Å². The molecule has 1 aromatic carbocycles. The van der Waals surface area contributed by atoms with Gasteiger partial charge in [-0.2, -0.15) is 0 Å². The van der Waals surface area contributed by atoms with Crippen molar-refractivity contribution in [3.05, 3.63) is 51.7 Å². The summed E-state index contributed by atoms with van der Waals surface area (Å²) in [6.45, 7) is 9.80. The van der Waals surface area contributed by atoms with Gasteiger partial charge >= 0.3 is 0 Å². The topological polar surface area (TPSA) is 12.0 Å². The third-order valence-electron chi connectivity index (χ3n) is 2.92. The molecule has 0 amide bonds. The van der Waals surface area contributed by atoms with Crippen LogP contribution in [0.25, 0.3) is 0 Å². The number of hydrogen-bond donors (Lipinski definition) is 1. The molecule has 0 saturated heterocycles. The largest absolute Gasteiger partial charge is 0.380 e. The Bertz CT molecular complexity index is 503. The summed E-state index contributed by atoms with van der Waals surface area (Å²) >= 11 is 1.90. The molecule has 2 heteroatoms. The summed E-state index contributed by atoms with van der Waals surface area (Å²) in [5, 5.41) is 3.46. The van der Waals surface area contributed by atoms with E-state index < -0.39 is 0 Å². The van der Waals surface area contributed by atoms with Gasteiger partial charge in [0.25, 0.3) is 0 Å². The monoisotopic (exact) mass is 259 g/mol. The van der Waals surface area contributed by atoms with E-state index in [4.69, 9.17) is 0 Å². The third-order valence-corrected chi connectivity index (χ3v) is 4.43. The van der Waals surface area contributed by atoms with Gasteiger partial charge < -0.3 is 5.32 Å². The van der Waals surface area contributed by atoms with Crippen LogP contribution in [0.4, 0.5) is 5.69 Å². The molecule has 96 valence electrons. The van der Waals surface area contributed by atoms with Gasteiger partial charge in [-0.3, -0.25) is 0 Å². The maximum atomic E-state index is 3.46. The Morgan fingerprint density at radius 1 is 1.00 bits per heavy atom. The number of rotatable bonds is 3. The predicted molar refractivity (Wildman–Crippen MR) is 81.5 cm³/mol. The molecule has 0 aliphatic heterocycles. The van der Waals surface area contributed by atoms with E-state index >= 15 is 0 Å². The molecule has 0 spiro atoms. The first-order valence-corrected chi connectivity index (χ1v) is 7.16. The average molecular weight is 259 g/mol. The Morgan fingerprint density at radius 3 is 2.22 bits per heavy atom. The lowest BCUT2D eigenvalue weighted by Gasteiger charge is -2.15. The summed E-state index contributed by atoms with van der Waals surface area (Å²) in [5.41, 5.74) is 2.74. The number of aryl methyl sites for hydroxylation is 1. The molecule has 1 nitrogen and oxygen atoms in total. The molecule has 0 bridgehead atoms. The van der Waals surface area contributed by atoms with Gasteiger partial charge in [-0.25, -0.2) is 0 Å². The van der Waals surface area contributed by atoms with Crippen LogP contribution in [0.5, 0.6) is 0 Å². The fraction of sp³-hybridized carbons (Fsp3) is 0.375. The highest BCUT2D eigenvalue weighted by Crippen LogP contribution is 2.29. The Labute approximate surface area is 114 Å². The van der Waals surface area contributed by atoms with Crippen molar-refractivity contribution < 1.29 is 0 Å². The van der Waals surface area contributed by atoms with E-state index in [1.165, 1.54) is 21.0 Å². The van der Waals surface area contributed by atoms with Crippen LogP contribution in [0.15, 0.2) is 36.4 Å². The van der Waals surface area contributed by atoms with E-state index in [0.717, 1.165) is 6.54 Å². The van der Waals surface area contributed by atoms with E-state index in [2.05, 4.69) is 69.4 Å². The Balaban J connectivity index is 1.98. The van der Waals surface area contributed by atoms with Gasteiger partial charge in [0.2, 0.25) is 0 Å². The second-order valence-electron chi connectivity index (χ2n) is 5.74. The number of benzene rings is 1. The van der Waals surface area contributed by atoms with Gasteiger partial charge in [0.1, 0.15) is 0 Å². The summed E-state index contributed by atoms with van der Waals surface area (Å²) in [6, 6.07) is 13.0. The van der Waals surface area contributed by atoms with Gasteiger partial charge in [-0.1, -0.05) is 38.5 Å². The van der Waals surface area contributed by atoms with E-state index in [1.807, 2.05) is 11.3 Å². The van der Waals surface area contributed by atoms with Crippen molar-refractivity contribution >= 4 is 17.0 Å². The normalized spacial score (nSPS) is 11.6. The molecule has 0 atom stereocenters. The van der Waals surface area contributed by atoms with E-state index in [0.29, 0.717) is 0 Å². The molecule has 0 aliphatic rings. The molecule has 1 heterocycles. The first-order valence-electron chi connectivity index (χ1n) is 6.35. The lowest BCUT2D eigenvalue weighted by Crippen LogP contribution is -2.07. The standard InChI is InChI=1S/C16H21NS/c1-12-5-7-13(8-6-12)17-11-14-9-10-15(18-14)16(2,3)4/h5-10,17H,11H2,1-4H3. The minimum Gasteiger partial charge on any atom is -0.380 e.